The SMILES string of the molecule is CN(CC1CCOC1)C(=O)C1CC(F)(F)CN1.Cl. The predicted octanol–water partition coefficient (Wildman–Crippen LogP) is 0.900. The van der Waals surface area contributed by atoms with Crippen LogP contribution in [0.1, 0.15) is 12.8 Å². The van der Waals surface area contributed by atoms with Gasteiger partial charge in [0.2, 0.25) is 5.91 Å². The van der Waals surface area contributed by atoms with E-state index in [2.05, 4.69) is 5.32 Å². The van der Waals surface area contributed by atoms with Crippen LogP contribution in [-0.2, 0) is 9.53 Å². The van der Waals surface area contributed by atoms with E-state index in [4.69, 9.17) is 4.74 Å². The fourth-order valence-corrected chi connectivity index (χ4v) is 2.36. The molecule has 0 bridgehead atoms. The van der Waals surface area contributed by atoms with Crippen LogP contribution in [0.4, 0.5) is 8.78 Å². The molecule has 0 aromatic rings. The molecule has 0 aliphatic carbocycles. The van der Waals surface area contributed by atoms with Gasteiger partial charge in [-0.2, -0.15) is 0 Å². The van der Waals surface area contributed by atoms with Gasteiger partial charge in [0.15, 0.2) is 0 Å². The smallest absolute Gasteiger partial charge is 0.262 e. The van der Waals surface area contributed by atoms with Crippen molar-refractivity contribution in [3.05, 3.63) is 0 Å². The Morgan fingerprint density at radius 3 is 2.78 bits per heavy atom. The van der Waals surface area contributed by atoms with Crippen molar-refractivity contribution in [2.24, 2.45) is 5.92 Å². The van der Waals surface area contributed by atoms with E-state index in [1.54, 1.807) is 11.9 Å². The minimum absolute atomic E-state index is 0. The number of carbonyl (C=O) groups excluding carboxylic acids is 1. The quantitative estimate of drug-likeness (QED) is 0.837. The van der Waals surface area contributed by atoms with Crippen molar-refractivity contribution in [2.45, 2.75) is 24.8 Å². The zero-order chi connectivity index (χ0) is 12.5. The summed E-state index contributed by atoms with van der Waals surface area (Å²) in [6, 6.07) is -0.739. The molecule has 1 N–H and O–H groups in total. The van der Waals surface area contributed by atoms with E-state index in [-0.39, 0.29) is 18.3 Å². The number of ether oxygens (including phenoxy) is 1. The molecule has 0 aromatic heterocycles. The molecular weight excluding hydrogens is 266 g/mol. The lowest BCUT2D eigenvalue weighted by Gasteiger charge is -2.23. The van der Waals surface area contributed by atoms with Gasteiger partial charge in [-0.1, -0.05) is 0 Å². The lowest BCUT2D eigenvalue weighted by molar-refractivity contribution is -0.133. The average Bonchev–Trinajstić information content (AvgIpc) is 2.86. The van der Waals surface area contributed by atoms with Crippen LogP contribution in [0.3, 0.4) is 0 Å². The minimum Gasteiger partial charge on any atom is -0.381 e. The number of carbonyl (C=O) groups is 1. The van der Waals surface area contributed by atoms with Crippen LogP contribution in [0.5, 0.6) is 0 Å². The molecule has 2 aliphatic heterocycles. The summed E-state index contributed by atoms with van der Waals surface area (Å²) in [5.41, 5.74) is 0. The maximum atomic E-state index is 13.0. The third-order valence-corrected chi connectivity index (χ3v) is 3.34. The van der Waals surface area contributed by atoms with Crippen LogP contribution in [0.2, 0.25) is 0 Å². The van der Waals surface area contributed by atoms with Gasteiger partial charge < -0.3 is 9.64 Å². The van der Waals surface area contributed by atoms with Crippen LogP contribution in [0.25, 0.3) is 0 Å². The van der Waals surface area contributed by atoms with Crippen molar-refractivity contribution in [2.75, 3.05) is 33.4 Å². The Labute approximate surface area is 111 Å². The Balaban J connectivity index is 0.00000162. The molecule has 18 heavy (non-hydrogen) atoms. The second-order valence-electron chi connectivity index (χ2n) is 4.94. The Morgan fingerprint density at radius 2 is 2.28 bits per heavy atom. The highest BCUT2D eigenvalue weighted by Gasteiger charge is 2.43. The predicted molar refractivity (Wildman–Crippen MR) is 65.2 cm³/mol. The highest BCUT2D eigenvalue weighted by Crippen LogP contribution is 2.26. The number of likely N-dealkylation sites (N-methyl/N-ethyl adjacent to an activating group) is 1. The lowest BCUT2D eigenvalue weighted by Crippen LogP contribution is -2.43. The highest BCUT2D eigenvalue weighted by atomic mass is 35.5. The normalized spacial score (nSPS) is 29.9. The zero-order valence-corrected chi connectivity index (χ0v) is 11.1. The fraction of sp³-hybridized carbons (Fsp3) is 0.909. The first kappa shape index (κ1) is 15.6. The number of hydrogen-bond donors (Lipinski definition) is 1. The molecule has 0 saturated carbocycles. The summed E-state index contributed by atoms with van der Waals surface area (Å²) < 4.78 is 31.2. The minimum atomic E-state index is -2.75. The third kappa shape index (κ3) is 3.76. The maximum absolute atomic E-state index is 13.0. The first-order valence-corrected chi connectivity index (χ1v) is 5.92. The number of hydrogen-bond acceptors (Lipinski definition) is 3. The van der Waals surface area contributed by atoms with Gasteiger partial charge in [-0.05, 0) is 6.42 Å². The molecule has 2 saturated heterocycles. The highest BCUT2D eigenvalue weighted by molar-refractivity contribution is 5.85. The fourth-order valence-electron chi connectivity index (χ4n) is 2.36. The van der Waals surface area contributed by atoms with Gasteiger partial charge in [0.25, 0.3) is 5.92 Å². The van der Waals surface area contributed by atoms with E-state index in [1.807, 2.05) is 0 Å². The van der Waals surface area contributed by atoms with Gasteiger partial charge in [-0.3, -0.25) is 10.1 Å². The van der Waals surface area contributed by atoms with E-state index in [1.165, 1.54) is 0 Å². The van der Waals surface area contributed by atoms with Crippen molar-refractivity contribution in [3.8, 4) is 0 Å². The number of alkyl halides is 2. The molecule has 1 amide bonds. The largest absolute Gasteiger partial charge is 0.381 e. The van der Waals surface area contributed by atoms with Crippen molar-refractivity contribution in [1.29, 1.82) is 0 Å². The summed E-state index contributed by atoms with van der Waals surface area (Å²) in [5, 5.41) is 2.58. The van der Waals surface area contributed by atoms with Gasteiger partial charge in [0.1, 0.15) is 0 Å². The topological polar surface area (TPSA) is 41.6 Å². The molecule has 0 aromatic carbocycles. The Hall–Kier alpha value is -0.460. The van der Waals surface area contributed by atoms with Gasteiger partial charge >= 0.3 is 0 Å². The first-order chi connectivity index (χ1) is 7.98. The van der Waals surface area contributed by atoms with E-state index >= 15 is 0 Å². The number of rotatable bonds is 3. The van der Waals surface area contributed by atoms with E-state index in [9.17, 15) is 13.6 Å². The summed E-state index contributed by atoms with van der Waals surface area (Å²) in [5.74, 6) is -2.66. The lowest BCUT2D eigenvalue weighted by atomic mass is 10.1. The van der Waals surface area contributed by atoms with Crippen LogP contribution in [0.15, 0.2) is 0 Å². The maximum Gasteiger partial charge on any atom is 0.262 e. The average molecular weight is 285 g/mol. The second-order valence-corrected chi connectivity index (χ2v) is 4.94. The molecule has 7 heteroatoms. The molecule has 2 aliphatic rings. The molecular formula is C11H19ClF2N2O2. The van der Waals surface area contributed by atoms with Gasteiger partial charge in [-0.15, -0.1) is 12.4 Å². The summed E-state index contributed by atoms with van der Waals surface area (Å²) in [4.78, 5) is 13.5. The summed E-state index contributed by atoms with van der Waals surface area (Å²) in [7, 11) is 1.67. The molecule has 106 valence electrons. The van der Waals surface area contributed by atoms with E-state index < -0.39 is 24.9 Å². The second kappa shape index (κ2) is 6.12. The Morgan fingerprint density at radius 1 is 1.56 bits per heavy atom. The molecule has 2 rings (SSSR count). The standard InChI is InChI=1S/C11H18F2N2O2.ClH/c1-15(5-8-2-3-17-6-8)10(16)9-4-11(12,13)7-14-9;/h8-9,14H,2-7H2,1H3;1H. The number of halogens is 3. The van der Waals surface area contributed by atoms with E-state index in [0.717, 1.165) is 13.0 Å². The van der Waals surface area contributed by atoms with Gasteiger partial charge in [0, 0.05) is 32.5 Å². The third-order valence-electron chi connectivity index (χ3n) is 3.34. The van der Waals surface area contributed by atoms with Crippen LogP contribution < -0.4 is 5.32 Å². The van der Waals surface area contributed by atoms with Gasteiger partial charge in [-0.25, -0.2) is 8.78 Å². The van der Waals surface area contributed by atoms with Crippen LogP contribution in [0, 0.1) is 5.92 Å². The number of nitrogens with zero attached hydrogens (tertiary/aromatic N) is 1. The number of nitrogens with one attached hydrogen (secondary N) is 1. The number of amides is 1. The molecule has 2 unspecified atom stereocenters. The molecule has 4 nitrogen and oxygen atoms in total. The summed E-state index contributed by atoms with van der Waals surface area (Å²) >= 11 is 0. The molecule has 2 atom stereocenters. The van der Waals surface area contributed by atoms with Crippen molar-refractivity contribution < 1.29 is 18.3 Å². The van der Waals surface area contributed by atoms with Crippen molar-refractivity contribution >= 4 is 18.3 Å². The Kier molecular flexibility index (Phi) is 5.31. The van der Waals surface area contributed by atoms with Crippen LogP contribution in [-0.4, -0.2) is 56.1 Å². The monoisotopic (exact) mass is 284 g/mol. The van der Waals surface area contributed by atoms with Crippen LogP contribution >= 0.6 is 12.4 Å². The first-order valence-electron chi connectivity index (χ1n) is 5.92. The van der Waals surface area contributed by atoms with E-state index in [0.29, 0.717) is 19.1 Å². The summed E-state index contributed by atoms with van der Waals surface area (Å²) in [6.07, 6.45) is 0.545. The van der Waals surface area contributed by atoms with Crippen molar-refractivity contribution in [1.82, 2.24) is 10.2 Å². The molecule has 0 radical (unpaired) electrons. The molecule has 0 spiro atoms. The summed E-state index contributed by atoms with van der Waals surface area (Å²) in [6.45, 7) is 1.57. The molecule has 2 fully saturated rings. The Bertz CT molecular complexity index is 299. The zero-order valence-electron chi connectivity index (χ0n) is 10.3. The van der Waals surface area contributed by atoms with Gasteiger partial charge in [0.05, 0.1) is 19.2 Å². The molecule has 2 heterocycles. The van der Waals surface area contributed by atoms with Crippen molar-refractivity contribution in [3.63, 3.8) is 0 Å².